The molecule has 31 heavy (non-hydrogen) atoms. The highest BCUT2D eigenvalue weighted by Gasteiger charge is 2.71. The van der Waals surface area contributed by atoms with Crippen molar-refractivity contribution >= 4 is 44.9 Å². The molecule has 1 aliphatic carbocycles. The fraction of sp³-hybridized carbons (Fsp3) is 0.444. The summed E-state index contributed by atoms with van der Waals surface area (Å²) in [6, 6.07) is -1.36. The summed E-state index contributed by atoms with van der Waals surface area (Å²) in [5.41, 5.74) is -0.706. The van der Waals surface area contributed by atoms with Crippen LogP contribution >= 0.6 is 11.3 Å². The first kappa shape index (κ1) is 21.6. The topological polar surface area (TPSA) is 182 Å². The standard InChI is InChI=1S/C18H18N2O9S2/c1-6(21)9-13-18(2,31(27,28)29)10(11(17(25)26)20(13)15(9)22)14-19-8-5-3-4-7(16(23)24)12(8)30-14/h3-4,6-7,9,13,21H,5H2,1-2H3,(H,23,24)(H,25,26)(H,27,28,29)/t6-,7?,9?,13?,18-/m1/s1. The van der Waals surface area contributed by atoms with E-state index in [-0.39, 0.29) is 11.4 Å². The molecule has 0 spiro atoms. The van der Waals surface area contributed by atoms with E-state index in [0.29, 0.717) is 10.6 Å². The summed E-state index contributed by atoms with van der Waals surface area (Å²) in [4.78, 5) is 41.7. The molecule has 0 saturated carbocycles. The van der Waals surface area contributed by atoms with Gasteiger partial charge in [-0.15, -0.1) is 11.3 Å². The lowest BCUT2D eigenvalue weighted by atomic mass is 9.77. The van der Waals surface area contributed by atoms with Gasteiger partial charge >= 0.3 is 11.9 Å². The number of carbonyl (C=O) groups excluding carboxylic acids is 1. The zero-order valence-electron chi connectivity index (χ0n) is 16.2. The van der Waals surface area contributed by atoms with Gasteiger partial charge in [0.1, 0.15) is 21.4 Å². The SMILES string of the molecule is C[C@@H](O)C1C(=O)N2C(C(=O)O)=C(c3nc4c(s3)C(C(=O)O)C=CC4)[C@@](C)(S(=O)(=O)O)C12. The minimum Gasteiger partial charge on any atom is -0.481 e. The summed E-state index contributed by atoms with van der Waals surface area (Å²) in [5, 5.41) is 29.2. The van der Waals surface area contributed by atoms with E-state index in [0.717, 1.165) is 23.2 Å². The van der Waals surface area contributed by atoms with Crippen molar-refractivity contribution in [1.82, 2.24) is 9.88 Å². The highest BCUT2D eigenvalue weighted by Crippen LogP contribution is 2.56. The summed E-state index contributed by atoms with van der Waals surface area (Å²) in [6.07, 6.45) is 2.01. The van der Waals surface area contributed by atoms with Gasteiger partial charge in [0.15, 0.2) is 0 Å². The number of rotatable bonds is 5. The van der Waals surface area contributed by atoms with E-state index in [1.807, 2.05) is 0 Å². The van der Waals surface area contributed by atoms with Crippen LogP contribution in [-0.4, -0.2) is 72.9 Å². The van der Waals surface area contributed by atoms with E-state index in [1.54, 1.807) is 6.08 Å². The molecule has 0 bridgehead atoms. The van der Waals surface area contributed by atoms with Gasteiger partial charge in [0.2, 0.25) is 5.91 Å². The van der Waals surface area contributed by atoms with Crippen LogP contribution in [0.4, 0.5) is 0 Å². The number of amides is 1. The van der Waals surface area contributed by atoms with Crippen molar-refractivity contribution in [3.63, 3.8) is 0 Å². The van der Waals surface area contributed by atoms with Crippen LogP contribution in [0.15, 0.2) is 17.8 Å². The normalized spacial score (nSPS) is 30.6. The van der Waals surface area contributed by atoms with Crippen molar-refractivity contribution in [3.8, 4) is 0 Å². The van der Waals surface area contributed by atoms with Crippen LogP contribution in [-0.2, 0) is 30.9 Å². The minimum absolute atomic E-state index is 0.107. The number of allylic oxidation sites excluding steroid dienone is 1. The average Bonchev–Trinajstić information content (AvgIpc) is 3.16. The molecule has 1 aromatic heterocycles. The first-order valence-electron chi connectivity index (χ1n) is 9.18. The number of hydrogen-bond donors (Lipinski definition) is 4. The highest BCUT2D eigenvalue weighted by molar-refractivity contribution is 7.87. The van der Waals surface area contributed by atoms with Crippen molar-refractivity contribution in [1.29, 1.82) is 0 Å². The lowest BCUT2D eigenvalue weighted by Crippen LogP contribution is -2.69. The molecular weight excluding hydrogens is 452 g/mol. The van der Waals surface area contributed by atoms with Gasteiger partial charge in [-0.2, -0.15) is 8.42 Å². The Morgan fingerprint density at radius 2 is 2.00 bits per heavy atom. The second-order valence-corrected chi connectivity index (χ2v) is 10.6. The summed E-state index contributed by atoms with van der Waals surface area (Å²) < 4.78 is 33.0. The Bertz CT molecular complexity index is 1200. The van der Waals surface area contributed by atoms with Gasteiger partial charge in [-0.1, -0.05) is 12.2 Å². The first-order chi connectivity index (χ1) is 14.3. The Morgan fingerprint density at radius 3 is 2.52 bits per heavy atom. The van der Waals surface area contributed by atoms with E-state index in [4.69, 9.17) is 0 Å². The third kappa shape index (κ3) is 2.73. The number of aliphatic hydroxyl groups is 1. The summed E-state index contributed by atoms with van der Waals surface area (Å²) >= 11 is 0.811. The van der Waals surface area contributed by atoms with Crippen LogP contribution in [0.5, 0.6) is 0 Å². The van der Waals surface area contributed by atoms with Crippen LogP contribution in [0.3, 0.4) is 0 Å². The zero-order chi connectivity index (χ0) is 23.0. The molecule has 1 fully saturated rings. The smallest absolute Gasteiger partial charge is 0.353 e. The Balaban J connectivity index is 1.99. The maximum Gasteiger partial charge on any atom is 0.353 e. The highest BCUT2D eigenvalue weighted by atomic mass is 32.2. The number of aromatic nitrogens is 1. The van der Waals surface area contributed by atoms with Crippen molar-refractivity contribution < 1.29 is 42.7 Å². The van der Waals surface area contributed by atoms with E-state index < -0.39 is 68.0 Å². The molecule has 11 nitrogen and oxygen atoms in total. The third-order valence-electron chi connectivity index (χ3n) is 6.07. The van der Waals surface area contributed by atoms with E-state index in [1.165, 1.54) is 13.0 Å². The van der Waals surface area contributed by atoms with Crippen LogP contribution in [0, 0.1) is 5.92 Å². The zero-order valence-corrected chi connectivity index (χ0v) is 17.8. The lowest BCUT2D eigenvalue weighted by Gasteiger charge is -2.49. The Morgan fingerprint density at radius 1 is 1.35 bits per heavy atom. The van der Waals surface area contributed by atoms with Gasteiger partial charge in [0.05, 0.1) is 23.8 Å². The molecular formula is C18H18N2O9S2. The van der Waals surface area contributed by atoms with E-state index in [2.05, 4.69) is 4.98 Å². The molecule has 1 amide bonds. The quantitative estimate of drug-likeness (QED) is 0.261. The fourth-order valence-corrected chi connectivity index (χ4v) is 6.99. The Hall–Kier alpha value is -2.61. The molecule has 3 heterocycles. The van der Waals surface area contributed by atoms with Crippen molar-refractivity contribution in [3.05, 3.63) is 33.4 Å². The molecule has 0 aromatic carbocycles. The maximum atomic E-state index is 12.6. The second kappa shape index (κ2) is 6.69. The number of hydrogen-bond acceptors (Lipinski definition) is 8. The van der Waals surface area contributed by atoms with Crippen molar-refractivity contribution in [2.75, 3.05) is 0 Å². The maximum absolute atomic E-state index is 12.6. The molecule has 166 valence electrons. The number of aliphatic hydroxyl groups excluding tert-OH is 1. The van der Waals surface area contributed by atoms with Gasteiger partial charge in [0.25, 0.3) is 10.1 Å². The molecule has 4 rings (SSSR count). The minimum atomic E-state index is -5.01. The number of fused-ring (bicyclic) bond motifs is 2. The average molecular weight is 470 g/mol. The van der Waals surface area contributed by atoms with E-state index >= 15 is 0 Å². The van der Waals surface area contributed by atoms with Crippen molar-refractivity contribution in [2.24, 2.45) is 5.92 Å². The van der Waals surface area contributed by atoms with Gasteiger partial charge < -0.3 is 15.3 Å². The summed E-state index contributed by atoms with van der Waals surface area (Å²) in [6.45, 7) is 2.36. The van der Waals surface area contributed by atoms with Gasteiger partial charge in [0, 0.05) is 16.9 Å². The van der Waals surface area contributed by atoms with Gasteiger partial charge in [-0.25, -0.2) is 9.78 Å². The number of β-lactam (4-membered cyclic amide) rings is 1. The lowest BCUT2D eigenvalue weighted by molar-refractivity contribution is -0.162. The molecule has 4 N–H and O–H groups in total. The molecule has 3 unspecified atom stereocenters. The number of carbonyl (C=O) groups is 3. The van der Waals surface area contributed by atoms with Crippen LogP contribution in [0.1, 0.15) is 35.3 Å². The predicted molar refractivity (Wildman–Crippen MR) is 106 cm³/mol. The summed E-state index contributed by atoms with van der Waals surface area (Å²) in [5.74, 6) is -5.83. The van der Waals surface area contributed by atoms with Gasteiger partial charge in [-0.3, -0.25) is 19.0 Å². The second-order valence-electron chi connectivity index (χ2n) is 7.81. The fourth-order valence-electron chi connectivity index (χ4n) is 4.59. The van der Waals surface area contributed by atoms with Crippen LogP contribution < -0.4 is 0 Å². The Kier molecular flexibility index (Phi) is 4.67. The number of carboxylic acids is 2. The largest absolute Gasteiger partial charge is 0.481 e. The number of aliphatic carboxylic acids is 2. The van der Waals surface area contributed by atoms with E-state index in [9.17, 15) is 42.7 Å². The third-order valence-corrected chi connectivity index (χ3v) is 8.78. The molecule has 2 aliphatic heterocycles. The van der Waals surface area contributed by atoms with Crippen LogP contribution in [0.2, 0.25) is 0 Å². The predicted octanol–water partition coefficient (Wildman–Crippen LogP) is 0.0872. The monoisotopic (exact) mass is 470 g/mol. The summed E-state index contributed by atoms with van der Waals surface area (Å²) in [7, 11) is -5.01. The van der Waals surface area contributed by atoms with Crippen LogP contribution in [0.25, 0.3) is 5.57 Å². The van der Waals surface area contributed by atoms with Crippen molar-refractivity contribution in [2.45, 2.75) is 43.1 Å². The molecule has 1 aromatic rings. The number of thiazole rings is 1. The molecule has 1 saturated heterocycles. The molecule has 0 radical (unpaired) electrons. The van der Waals surface area contributed by atoms with Gasteiger partial charge in [-0.05, 0) is 13.8 Å². The number of carboxylic acid groups (broad SMARTS) is 2. The first-order valence-corrected chi connectivity index (χ1v) is 11.4. The number of nitrogens with zero attached hydrogens (tertiary/aromatic N) is 2. The molecule has 3 aliphatic rings. The molecule has 5 atom stereocenters. The molecule has 13 heteroatoms. The Labute approximate surface area is 180 Å².